The van der Waals surface area contributed by atoms with Crippen LogP contribution in [0.15, 0.2) is 54.6 Å². The van der Waals surface area contributed by atoms with Gasteiger partial charge in [-0.3, -0.25) is 0 Å². The number of anilines is 2. The summed E-state index contributed by atoms with van der Waals surface area (Å²) in [6, 6.07) is 17.1. The first kappa shape index (κ1) is 18.4. The number of nitrogens with one attached hydrogen (secondary N) is 1. The molecule has 0 aliphatic heterocycles. The SMILES string of the molecule is COC(=O)c1ccc(Cl)c(Nc2nc(C)nc3sc(-c4ccccc4)cc23)c1. The zero-order valence-corrected chi connectivity index (χ0v) is 16.8. The van der Waals surface area contributed by atoms with Crippen molar-refractivity contribution in [2.24, 2.45) is 0 Å². The van der Waals surface area contributed by atoms with E-state index in [1.54, 1.807) is 29.5 Å². The lowest BCUT2D eigenvalue weighted by molar-refractivity contribution is 0.0601. The van der Waals surface area contributed by atoms with Crippen molar-refractivity contribution >= 4 is 50.6 Å². The molecule has 0 saturated carbocycles. The molecule has 0 aliphatic rings. The lowest BCUT2D eigenvalue weighted by atomic mass is 10.1. The van der Waals surface area contributed by atoms with Crippen molar-refractivity contribution in [3.8, 4) is 10.4 Å². The van der Waals surface area contributed by atoms with Crippen LogP contribution in [-0.2, 0) is 4.74 Å². The van der Waals surface area contributed by atoms with Crippen LogP contribution in [0.3, 0.4) is 0 Å². The van der Waals surface area contributed by atoms with Crippen LogP contribution in [-0.4, -0.2) is 23.0 Å². The van der Waals surface area contributed by atoms with E-state index < -0.39 is 5.97 Å². The van der Waals surface area contributed by atoms with Crippen molar-refractivity contribution in [1.29, 1.82) is 0 Å². The van der Waals surface area contributed by atoms with E-state index in [0.717, 1.165) is 20.7 Å². The number of halogens is 1. The van der Waals surface area contributed by atoms with Gasteiger partial charge in [-0.1, -0.05) is 41.9 Å². The Labute approximate surface area is 171 Å². The minimum Gasteiger partial charge on any atom is -0.465 e. The molecule has 2 aromatic heterocycles. The zero-order valence-electron chi connectivity index (χ0n) is 15.2. The fourth-order valence-corrected chi connectivity index (χ4v) is 4.11. The second-order valence-corrected chi connectivity index (χ2v) is 7.56. The quantitative estimate of drug-likeness (QED) is 0.428. The topological polar surface area (TPSA) is 64.1 Å². The number of esters is 1. The summed E-state index contributed by atoms with van der Waals surface area (Å²) >= 11 is 7.94. The molecule has 0 unspecified atom stereocenters. The number of aromatic nitrogens is 2. The van der Waals surface area contributed by atoms with Gasteiger partial charge in [0.1, 0.15) is 16.5 Å². The Kier molecular flexibility index (Phi) is 4.98. The maximum atomic E-state index is 11.8. The van der Waals surface area contributed by atoms with E-state index in [-0.39, 0.29) is 0 Å². The Balaban J connectivity index is 1.79. The van der Waals surface area contributed by atoms with E-state index in [2.05, 4.69) is 33.5 Å². The van der Waals surface area contributed by atoms with Crippen LogP contribution in [0.1, 0.15) is 16.2 Å². The summed E-state index contributed by atoms with van der Waals surface area (Å²) in [4.78, 5) is 22.9. The van der Waals surface area contributed by atoms with Crippen molar-refractivity contribution in [2.75, 3.05) is 12.4 Å². The first-order chi connectivity index (χ1) is 13.5. The summed E-state index contributed by atoms with van der Waals surface area (Å²) in [5, 5.41) is 4.64. The summed E-state index contributed by atoms with van der Waals surface area (Å²) in [6.45, 7) is 1.85. The van der Waals surface area contributed by atoms with Gasteiger partial charge in [-0.25, -0.2) is 14.8 Å². The number of carbonyl (C=O) groups excluding carboxylic acids is 1. The molecule has 2 heterocycles. The molecule has 140 valence electrons. The molecule has 0 saturated heterocycles. The first-order valence-electron chi connectivity index (χ1n) is 8.53. The van der Waals surface area contributed by atoms with Crippen LogP contribution in [0.2, 0.25) is 5.02 Å². The molecule has 0 spiro atoms. The molecule has 0 radical (unpaired) electrons. The number of aryl methyl sites for hydroxylation is 1. The maximum absolute atomic E-state index is 11.8. The largest absolute Gasteiger partial charge is 0.465 e. The van der Waals surface area contributed by atoms with Crippen LogP contribution in [0, 0.1) is 6.92 Å². The van der Waals surface area contributed by atoms with Gasteiger partial charge in [0.05, 0.1) is 28.8 Å². The number of methoxy groups -OCH3 is 1. The van der Waals surface area contributed by atoms with Crippen molar-refractivity contribution in [2.45, 2.75) is 6.92 Å². The minimum atomic E-state index is -0.425. The van der Waals surface area contributed by atoms with Crippen LogP contribution >= 0.6 is 22.9 Å². The summed E-state index contributed by atoms with van der Waals surface area (Å²) in [5.74, 6) is 0.868. The normalized spacial score (nSPS) is 10.8. The lowest BCUT2D eigenvalue weighted by Crippen LogP contribution is -2.03. The Hall–Kier alpha value is -2.96. The average Bonchev–Trinajstić information content (AvgIpc) is 3.14. The van der Waals surface area contributed by atoms with E-state index >= 15 is 0 Å². The monoisotopic (exact) mass is 409 g/mol. The summed E-state index contributed by atoms with van der Waals surface area (Å²) in [7, 11) is 1.35. The molecule has 0 atom stereocenters. The van der Waals surface area contributed by atoms with Gasteiger partial charge < -0.3 is 10.1 Å². The van der Waals surface area contributed by atoms with Gasteiger partial charge in [-0.05, 0) is 36.8 Å². The molecule has 0 fully saturated rings. The molecule has 0 aliphatic carbocycles. The van der Waals surface area contributed by atoms with Crippen molar-refractivity contribution < 1.29 is 9.53 Å². The summed E-state index contributed by atoms with van der Waals surface area (Å²) in [5.41, 5.74) is 2.11. The highest BCUT2D eigenvalue weighted by Crippen LogP contribution is 2.37. The van der Waals surface area contributed by atoms with Gasteiger partial charge in [-0.2, -0.15) is 0 Å². The standard InChI is InChI=1S/C21H16ClN3O2S/c1-12-23-19(25-17-10-14(21(26)27-2)8-9-16(17)22)15-11-18(28-20(15)24-12)13-6-4-3-5-7-13/h3-11H,1-2H3,(H,23,24,25). The Bertz CT molecular complexity index is 1180. The highest BCUT2D eigenvalue weighted by atomic mass is 35.5. The molecule has 5 nitrogen and oxygen atoms in total. The van der Waals surface area contributed by atoms with Crippen LogP contribution in [0.4, 0.5) is 11.5 Å². The molecule has 7 heteroatoms. The highest BCUT2D eigenvalue weighted by Gasteiger charge is 2.14. The summed E-state index contributed by atoms with van der Waals surface area (Å²) < 4.78 is 4.79. The van der Waals surface area contributed by atoms with Crippen molar-refractivity contribution in [1.82, 2.24) is 9.97 Å². The van der Waals surface area contributed by atoms with Gasteiger partial charge in [0.2, 0.25) is 0 Å². The van der Waals surface area contributed by atoms with Gasteiger partial charge in [0, 0.05) is 4.88 Å². The van der Waals surface area contributed by atoms with Gasteiger partial charge in [0.15, 0.2) is 0 Å². The third-order valence-corrected chi connectivity index (χ3v) is 5.61. The first-order valence-corrected chi connectivity index (χ1v) is 9.73. The number of thiophene rings is 1. The van der Waals surface area contributed by atoms with Crippen LogP contribution < -0.4 is 5.32 Å². The Morgan fingerprint density at radius 1 is 1.11 bits per heavy atom. The molecule has 4 rings (SSSR count). The smallest absolute Gasteiger partial charge is 0.337 e. The molecular weight excluding hydrogens is 394 g/mol. The number of nitrogens with zero attached hydrogens (tertiary/aromatic N) is 2. The van der Waals surface area contributed by atoms with Gasteiger partial charge in [-0.15, -0.1) is 11.3 Å². The number of fused-ring (bicyclic) bond motifs is 1. The molecule has 0 bridgehead atoms. The number of ether oxygens (including phenoxy) is 1. The lowest BCUT2D eigenvalue weighted by Gasteiger charge is -2.10. The predicted octanol–water partition coefficient (Wildman–Crippen LogP) is 5.85. The van der Waals surface area contributed by atoms with Crippen LogP contribution in [0.25, 0.3) is 20.7 Å². The van der Waals surface area contributed by atoms with E-state index in [1.807, 2.05) is 25.1 Å². The van der Waals surface area contributed by atoms with E-state index in [4.69, 9.17) is 16.3 Å². The van der Waals surface area contributed by atoms with Crippen LogP contribution in [0.5, 0.6) is 0 Å². The second kappa shape index (κ2) is 7.58. The number of benzene rings is 2. The molecular formula is C21H16ClN3O2S. The highest BCUT2D eigenvalue weighted by molar-refractivity contribution is 7.21. The Morgan fingerprint density at radius 2 is 1.89 bits per heavy atom. The third-order valence-electron chi connectivity index (χ3n) is 4.20. The van der Waals surface area contributed by atoms with E-state index in [0.29, 0.717) is 27.9 Å². The summed E-state index contributed by atoms with van der Waals surface area (Å²) in [6.07, 6.45) is 0. The number of rotatable bonds is 4. The molecule has 28 heavy (non-hydrogen) atoms. The van der Waals surface area contributed by atoms with E-state index in [1.165, 1.54) is 7.11 Å². The third kappa shape index (κ3) is 3.56. The second-order valence-electron chi connectivity index (χ2n) is 6.13. The Morgan fingerprint density at radius 3 is 2.64 bits per heavy atom. The number of hydrogen-bond donors (Lipinski definition) is 1. The molecule has 1 N–H and O–H groups in total. The predicted molar refractivity (Wildman–Crippen MR) is 114 cm³/mol. The molecule has 4 aromatic rings. The van der Waals surface area contributed by atoms with Crippen molar-refractivity contribution in [3.05, 3.63) is 71.0 Å². The molecule has 0 amide bonds. The minimum absolute atomic E-state index is 0.409. The van der Waals surface area contributed by atoms with Gasteiger partial charge >= 0.3 is 5.97 Å². The maximum Gasteiger partial charge on any atom is 0.337 e. The van der Waals surface area contributed by atoms with Gasteiger partial charge in [0.25, 0.3) is 0 Å². The van der Waals surface area contributed by atoms with Crippen molar-refractivity contribution in [3.63, 3.8) is 0 Å². The number of carbonyl (C=O) groups is 1. The molecule has 2 aromatic carbocycles. The zero-order chi connectivity index (χ0) is 19.7. The fourth-order valence-electron chi connectivity index (χ4n) is 2.86. The average molecular weight is 410 g/mol. The fraction of sp³-hybridized carbons (Fsp3) is 0.0952. The number of hydrogen-bond acceptors (Lipinski definition) is 6. The van der Waals surface area contributed by atoms with E-state index in [9.17, 15) is 4.79 Å².